The van der Waals surface area contributed by atoms with E-state index in [0.717, 1.165) is 24.7 Å². The molecule has 0 bridgehead atoms. The summed E-state index contributed by atoms with van der Waals surface area (Å²) < 4.78 is 1.72. The first-order chi connectivity index (χ1) is 6.22. The minimum absolute atomic E-state index is 0.733. The molecule has 0 fully saturated rings. The Balaban J connectivity index is 2.20. The molecule has 0 aliphatic heterocycles. The maximum Gasteiger partial charge on any atom is 0.0964 e. The zero-order valence-corrected chi connectivity index (χ0v) is 8.62. The Bertz CT molecular complexity index is 244. The first kappa shape index (κ1) is 10.2. The SMILES string of the molecule is CCC(C)CNCc1cn(C)nn1. The number of rotatable bonds is 5. The fourth-order valence-corrected chi connectivity index (χ4v) is 1.07. The largest absolute Gasteiger partial charge is 0.311 e. The van der Waals surface area contributed by atoms with Gasteiger partial charge in [-0.15, -0.1) is 5.10 Å². The van der Waals surface area contributed by atoms with Gasteiger partial charge in [0.05, 0.1) is 5.69 Å². The molecule has 4 heteroatoms. The molecule has 13 heavy (non-hydrogen) atoms. The van der Waals surface area contributed by atoms with Crippen LogP contribution in [0.4, 0.5) is 0 Å². The maximum absolute atomic E-state index is 3.99. The lowest BCUT2D eigenvalue weighted by Crippen LogP contribution is -2.20. The lowest BCUT2D eigenvalue weighted by molar-refractivity contribution is 0.497. The molecule has 0 radical (unpaired) electrons. The first-order valence-corrected chi connectivity index (χ1v) is 4.78. The van der Waals surface area contributed by atoms with Crippen LogP contribution in [0.5, 0.6) is 0 Å². The van der Waals surface area contributed by atoms with Gasteiger partial charge in [0.15, 0.2) is 0 Å². The molecule has 1 rings (SSSR count). The molecular formula is C9H18N4. The summed E-state index contributed by atoms with van der Waals surface area (Å²) in [5, 5.41) is 11.2. The van der Waals surface area contributed by atoms with E-state index in [1.807, 2.05) is 13.2 Å². The third-order valence-electron chi connectivity index (χ3n) is 2.15. The Hall–Kier alpha value is -0.900. The normalized spacial score (nSPS) is 13.2. The summed E-state index contributed by atoms with van der Waals surface area (Å²) in [5.74, 6) is 0.733. The van der Waals surface area contributed by atoms with Crippen LogP contribution in [0.25, 0.3) is 0 Å². The second-order valence-corrected chi connectivity index (χ2v) is 3.53. The monoisotopic (exact) mass is 182 g/mol. The number of nitrogens with zero attached hydrogens (tertiary/aromatic N) is 3. The molecule has 0 aliphatic rings. The standard InChI is InChI=1S/C9H18N4/c1-4-8(2)5-10-6-9-7-13(3)12-11-9/h7-8,10H,4-6H2,1-3H3. The number of nitrogens with one attached hydrogen (secondary N) is 1. The Morgan fingerprint density at radius 1 is 1.62 bits per heavy atom. The number of aryl methyl sites for hydroxylation is 1. The molecule has 1 atom stereocenters. The Kier molecular flexibility index (Phi) is 3.89. The van der Waals surface area contributed by atoms with E-state index in [1.165, 1.54) is 6.42 Å². The highest BCUT2D eigenvalue weighted by Crippen LogP contribution is 1.98. The molecule has 0 saturated heterocycles. The van der Waals surface area contributed by atoms with Crippen LogP contribution < -0.4 is 5.32 Å². The fraction of sp³-hybridized carbons (Fsp3) is 0.778. The highest BCUT2D eigenvalue weighted by atomic mass is 15.4. The van der Waals surface area contributed by atoms with Crippen molar-refractivity contribution < 1.29 is 0 Å². The van der Waals surface area contributed by atoms with Crippen LogP contribution in [0, 0.1) is 5.92 Å². The predicted octanol–water partition coefficient (Wildman–Crippen LogP) is 0.951. The van der Waals surface area contributed by atoms with Gasteiger partial charge in [0.25, 0.3) is 0 Å². The molecule has 4 nitrogen and oxygen atoms in total. The minimum Gasteiger partial charge on any atom is -0.311 e. The van der Waals surface area contributed by atoms with Gasteiger partial charge in [-0.25, -0.2) is 0 Å². The lowest BCUT2D eigenvalue weighted by atomic mass is 10.1. The summed E-state index contributed by atoms with van der Waals surface area (Å²) in [6.07, 6.45) is 3.15. The first-order valence-electron chi connectivity index (χ1n) is 4.78. The van der Waals surface area contributed by atoms with Gasteiger partial charge >= 0.3 is 0 Å². The molecule has 1 aromatic heterocycles. The summed E-state index contributed by atoms with van der Waals surface area (Å²) in [6.45, 7) is 6.31. The van der Waals surface area contributed by atoms with Crippen molar-refractivity contribution >= 4 is 0 Å². The van der Waals surface area contributed by atoms with E-state index in [9.17, 15) is 0 Å². The van der Waals surface area contributed by atoms with Crippen LogP contribution in [-0.4, -0.2) is 21.5 Å². The van der Waals surface area contributed by atoms with Crippen molar-refractivity contribution in [2.75, 3.05) is 6.54 Å². The smallest absolute Gasteiger partial charge is 0.0964 e. The third kappa shape index (κ3) is 3.55. The summed E-state index contributed by atoms with van der Waals surface area (Å²) in [6, 6.07) is 0. The lowest BCUT2D eigenvalue weighted by Gasteiger charge is -2.07. The number of hydrogen-bond acceptors (Lipinski definition) is 3. The van der Waals surface area contributed by atoms with Crippen molar-refractivity contribution in [3.63, 3.8) is 0 Å². The third-order valence-corrected chi connectivity index (χ3v) is 2.15. The second-order valence-electron chi connectivity index (χ2n) is 3.53. The number of hydrogen-bond donors (Lipinski definition) is 1. The molecule has 1 N–H and O–H groups in total. The molecule has 1 heterocycles. The predicted molar refractivity (Wildman–Crippen MR) is 52.2 cm³/mol. The summed E-state index contributed by atoms with van der Waals surface area (Å²) >= 11 is 0. The van der Waals surface area contributed by atoms with E-state index in [4.69, 9.17) is 0 Å². The Labute approximate surface area is 79.3 Å². The van der Waals surface area contributed by atoms with E-state index in [2.05, 4.69) is 29.5 Å². The summed E-state index contributed by atoms with van der Waals surface area (Å²) in [7, 11) is 1.88. The van der Waals surface area contributed by atoms with E-state index >= 15 is 0 Å². The highest BCUT2D eigenvalue weighted by molar-refractivity contribution is 4.90. The fourth-order valence-electron chi connectivity index (χ4n) is 1.07. The Morgan fingerprint density at radius 2 is 2.38 bits per heavy atom. The van der Waals surface area contributed by atoms with Crippen molar-refractivity contribution in [2.45, 2.75) is 26.8 Å². The second kappa shape index (κ2) is 4.97. The highest BCUT2D eigenvalue weighted by Gasteiger charge is 2.00. The molecule has 74 valence electrons. The van der Waals surface area contributed by atoms with E-state index in [-0.39, 0.29) is 0 Å². The molecule has 0 amide bonds. The minimum atomic E-state index is 0.733. The van der Waals surface area contributed by atoms with Crippen LogP contribution in [0.3, 0.4) is 0 Å². The average Bonchev–Trinajstić information content (AvgIpc) is 2.51. The van der Waals surface area contributed by atoms with Crippen LogP contribution in [0.2, 0.25) is 0 Å². The van der Waals surface area contributed by atoms with Crippen molar-refractivity contribution in [2.24, 2.45) is 13.0 Å². The van der Waals surface area contributed by atoms with E-state index < -0.39 is 0 Å². The average molecular weight is 182 g/mol. The van der Waals surface area contributed by atoms with Gasteiger partial charge in [-0.05, 0) is 12.5 Å². The van der Waals surface area contributed by atoms with Gasteiger partial charge in [-0.1, -0.05) is 25.5 Å². The van der Waals surface area contributed by atoms with Crippen molar-refractivity contribution in [3.8, 4) is 0 Å². The van der Waals surface area contributed by atoms with Crippen LogP contribution in [-0.2, 0) is 13.6 Å². The van der Waals surface area contributed by atoms with Gasteiger partial charge < -0.3 is 5.32 Å². The molecule has 1 unspecified atom stereocenters. The van der Waals surface area contributed by atoms with Crippen molar-refractivity contribution in [1.29, 1.82) is 0 Å². The van der Waals surface area contributed by atoms with Gasteiger partial charge in [0.1, 0.15) is 0 Å². The zero-order chi connectivity index (χ0) is 9.68. The van der Waals surface area contributed by atoms with Crippen LogP contribution in [0.15, 0.2) is 6.20 Å². The summed E-state index contributed by atoms with van der Waals surface area (Å²) in [5.41, 5.74) is 1.01. The topological polar surface area (TPSA) is 42.7 Å². The van der Waals surface area contributed by atoms with Gasteiger partial charge in [0.2, 0.25) is 0 Å². The number of aromatic nitrogens is 3. The van der Waals surface area contributed by atoms with Crippen molar-refractivity contribution in [3.05, 3.63) is 11.9 Å². The molecule has 0 aromatic carbocycles. The van der Waals surface area contributed by atoms with Crippen molar-refractivity contribution in [1.82, 2.24) is 20.3 Å². The quantitative estimate of drug-likeness (QED) is 0.737. The summed E-state index contributed by atoms with van der Waals surface area (Å²) in [4.78, 5) is 0. The van der Waals surface area contributed by atoms with Gasteiger partial charge in [-0.2, -0.15) is 0 Å². The van der Waals surface area contributed by atoms with Gasteiger partial charge in [-0.3, -0.25) is 4.68 Å². The molecule has 0 aliphatic carbocycles. The van der Waals surface area contributed by atoms with Crippen LogP contribution >= 0.6 is 0 Å². The maximum atomic E-state index is 3.99. The van der Waals surface area contributed by atoms with Crippen LogP contribution in [0.1, 0.15) is 26.0 Å². The Morgan fingerprint density at radius 3 is 2.92 bits per heavy atom. The zero-order valence-electron chi connectivity index (χ0n) is 8.62. The molecular weight excluding hydrogens is 164 g/mol. The van der Waals surface area contributed by atoms with E-state index in [0.29, 0.717) is 0 Å². The molecule has 1 aromatic rings. The van der Waals surface area contributed by atoms with Gasteiger partial charge in [0, 0.05) is 19.8 Å². The molecule has 0 saturated carbocycles. The van der Waals surface area contributed by atoms with E-state index in [1.54, 1.807) is 4.68 Å². The molecule has 0 spiro atoms.